The maximum absolute atomic E-state index is 13.5. The predicted octanol–water partition coefficient (Wildman–Crippen LogP) is 3.52. The zero-order valence-corrected chi connectivity index (χ0v) is 11.2. The molecule has 0 radical (unpaired) electrons. The summed E-state index contributed by atoms with van der Waals surface area (Å²) < 4.78 is 27.1. The van der Waals surface area contributed by atoms with Gasteiger partial charge in [-0.1, -0.05) is 32.8 Å². The predicted molar refractivity (Wildman–Crippen MR) is 69.8 cm³/mol. The Balaban J connectivity index is 2.13. The molecule has 4 heteroatoms. The van der Waals surface area contributed by atoms with Gasteiger partial charge in [0.15, 0.2) is 0 Å². The second-order valence-corrected chi connectivity index (χ2v) is 5.44. The lowest BCUT2D eigenvalue weighted by atomic mass is 9.78. The summed E-state index contributed by atoms with van der Waals surface area (Å²) in [6.45, 7) is 4.22. The number of amides is 1. The molecule has 1 N–H and O–H groups in total. The number of benzene rings is 1. The Kier molecular flexibility index (Phi) is 4.17. The normalized spacial score (nSPS) is 27.1. The Morgan fingerprint density at radius 3 is 2.47 bits per heavy atom. The average molecular weight is 267 g/mol. The molecular weight excluding hydrogens is 248 g/mol. The van der Waals surface area contributed by atoms with E-state index >= 15 is 0 Å². The first kappa shape index (κ1) is 14.0. The van der Waals surface area contributed by atoms with Gasteiger partial charge in [0, 0.05) is 6.04 Å². The van der Waals surface area contributed by atoms with E-state index < -0.39 is 23.1 Å². The number of carbonyl (C=O) groups excluding carboxylic acids is 1. The summed E-state index contributed by atoms with van der Waals surface area (Å²) in [4.78, 5) is 12.0. The highest BCUT2D eigenvalue weighted by Gasteiger charge is 2.29. The van der Waals surface area contributed by atoms with Crippen LogP contribution in [0.5, 0.6) is 0 Å². The van der Waals surface area contributed by atoms with Gasteiger partial charge in [-0.15, -0.1) is 0 Å². The molecule has 0 bridgehead atoms. The monoisotopic (exact) mass is 267 g/mol. The third kappa shape index (κ3) is 2.94. The smallest absolute Gasteiger partial charge is 0.257 e. The van der Waals surface area contributed by atoms with Crippen molar-refractivity contribution < 1.29 is 13.6 Å². The largest absolute Gasteiger partial charge is 0.349 e. The van der Waals surface area contributed by atoms with Crippen LogP contribution in [0.4, 0.5) is 8.78 Å². The summed E-state index contributed by atoms with van der Waals surface area (Å²) >= 11 is 0. The number of rotatable bonds is 2. The van der Waals surface area contributed by atoms with E-state index in [0.29, 0.717) is 11.8 Å². The summed E-state index contributed by atoms with van der Waals surface area (Å²) in [5, 5.41) is 2.78. The second-order valence-electron chi connectivity index (χ2n) is 5.44. The lowest BCUT2D eigenvalue weighted by molar-refractivity contribution is 0.0882. The molecule has 1 saturated carbocycles. The molecule has 1 amide bonds. The van der Waals surface area contributed by atoms with Gasteiger partial charge in [0.05, 0.1) is 0 Å². The van der Waals surface area contributed by atoms with E-state index in [9.17, 15) is 13.6 Å². The molecule has 0 spiro atoms. The van der Waals surface area contributed by atoms with Crippen molar-refractivity contribution in [2.24, 2.45) is 11.8 Å². The number of hydrogen-bond acceptors (Lipinski definition) is 1. The van der Waals surface area contributed by atoms with Crippen LogP contribution in [0.25, 0.3) is 0 Å². The Morgan fingerprint density at radius 2 is 1.84 bits per heavy atom. The quantitative estimate of drug-likeness (QED) is 0.872. The van der Waals surface area contributed by atoms with Gasteiger partial charge in [-0.25, -0.2) is 8.78 Å². The van der Waals surface area contributed by atoms with Crippen LogP contribution in [0.15, 0.2) is 18.2 Å². The third-order valence-corrected chi connectivity index (χ3v) is 4.21. The van der Waals surface area contributed by atoms with Crippen molar-refractivity contribution in [2.75, 3.05) is 0 Å². The van der Waals surface area contributed by atoms with Gasteiger partial charge in [0.25, 0.3) is 5.91 Å². The Morgan fingerprint density at radius 1 is 1.21 bits per heavy atom. The fourth-order valence-corrected chi connectivity index (χ4v) is 2.74. The highest BCUT2D eigenvalue weighted by Crippen LogP contribution is 2.29. The molecule has 0 aromatic heterocycles. The molecule has 0 unspecified atom stereocenters. The molecular formula is C15H19F2NO. The molecule has 1 aliphatic carbocycles. The van der Waals surface area contributed by atoms with Crippen LogP contribution < -0.4 is 5.32 Å². The SMILES string of the molecule is C[C@@H]1[C@H](C)CCC[C@@H]1NC(=O)c1c(F)cccc1F. The molecule has 2 rings (SSSR count). The molecule has 19 heavy (non-hydrogen) atoms. The molecule has 2 nitrogen and oxygen atoms in total. The Hall–Kier alpha value is -1.45. The Labute approximate surface area is 112 Å². The minimum absolute atomic E-state index is 0.00439. The molecule has 3 atom stereocenters. The molecule has 0 aliphatic heterocycles. The molecule has 0 saturated heterocycles. The lowest BCUT2D eigenvalue weighted by Crippen LogP contribution is -2.44. The van der Waals surface area contributed by atoms with Crippen LogP contribution >= 0.6 is 0 Å². The fraction of sp³-hybridized carbons (Fsp3) is 0.533. The standard InChI is InChI=1S/C15H19F2NO/c1-9-5-3-8-13(10(9)2)18-15(19)14-11(16)6-4-7-12(14)17/h4,6-7,9-10,13H,3,5,8H2,1-2H3,(H,18,19)/t9-,10-,13+/m1/s1. The lowest BCUT2D eigenvalue weighted by Gasteiger charge is -2.34. The van der Waals surface area contributed by atoms with E-state index in [-0.39, 0.29) is 6.04 Å². The summed E-state index contributed by atoms with van der Waals surface area (Å²) in [7, 11) is 0. The maximum atomic E-state index is 13.5. The van der Waals surface area contributed by atoms with E-state index in [0.717, 1.165) is 31.4 Å². The van der Waals surface area contributed by atoms with E-state index in [1.54, 1.807) is 0 Å². The zero-order valence-electron chi connectivity index (χ0n) is 11.2. The van der Waals surface area contributed by atoms with Gasteiger partial charge in [0.1, 0.15) is 17.2 Å². The molecule has 104 valence electrons. The highest BCUT2D eigenvalue weighted by atomic mass is 19.1. The van der Waals surface area contributed by atoms with Crippen molar-refractivity contribution in [3.63, 3.8) is 0 Å². The van der Waals surface area contributed by atoms with Gasteiger partial charge in [-0.05, 0) is 30.4 Å². The van der Waals surface area contributed by atoms with Crippen molar-refractivity contribution >= 4 is 5.91 Å². The van der Waals surface area contributed by atoms with Crippen LogP contribution in [0.2, 0.25) is 0 Å². The first-order valence-corrected chi connectivity index (χ1v) is 6.75. The van der Waals surface area contributed by atoms with Gasteiger partial charge >= 0.3 is 0 Å². The number of halogens is 2. The minimum Gasteiger partial charge on any atom is -0.349 e. The molecule has 1 aliphatic rings. The number of nitrogens with one attached hydrogen (secondary N) is 1. The van der Waals surface area contributed by atoms with Crippen LogP contribution in [-0.2, 0) is 0 Å². The van der Waals surface area contributed by atoms with Gasteiger partial charge in [-0.3, -0.25) is 4.79 Å². The Bertz CT molecular complexity index is 455. The molecule has 0 heterocycles. The summed E-state index contributed by atoms with van der Waals surface area (Å²) in [5.74, 6) is -1.43. The van der Waals surface area contributed by atoms with Crippen molar-refractivity contribution in [3.05, 3.63) is 35.4 Å². The van der Waals surface area contributed by atoms with Gasteiger partial charge in [0.2, 0.25) is 0 Å². The third-order valence-electron chi connectivity index (χ3n) is 4.21. The van der Waals surface area contributed by atoms with Crippen LogP contribution in [-0.4, -0.2) is 11.9 Å². The topological polar surface area (TPSA) is 29.1 Å². The molecule has 1 aromatic carbocycles. The summed E-state index contributed by atoms with van der Waals surface area (Å²) in [5.41, 5.74) is -0.479. The average Bonchev–Trinajstić information content (AvgIpc) is 2.35. The molecule has 1 aromatic rings. The number of hydrogen-bond donors (Lipinski definition) is 1. The first-order chi connectivity index (χ1) is 9.00. The molecule has 1 fully saturated rings. The van der Waals surface area contributed by atoms with E-state index in [4.69, 9.17) is 0 Å². The summed E-state index contributed by atoms with van der Waals surface area (Å²) in [6.07, 6.45) is 3.05. The van der Waals surface area contributed by atoms with Crippen molar-refractivity contribution in [1.82, 2.24) is 5.32 Å². The van der Waals surface area contributed by atoms with Crippen LogP contribution in [0, 0.1) is 23.5 Å². The van der Waals surface area contributed by atoms with Crippen LogP contribution in [0.1, 0.15) is 43.5 Å². The summed E-state index contributed by atoms with van der Waals surface area (Å²) in [6, 6.07) is 3.46. The zero-order chi connectivity index (χ0) is 14.0. The van der Waals surface area contributed by atoms with Crippen molar-refractivity contribution in [3.8, 4) is 0 Å². The fourth-order valence-electron chi connectivity index (χ4n) is 2.74. The van der Waals surface area contributed by atoms with E-state index in [1.165, 1.54) is 6.07 Å². The van der Waals surface area contributed by atoms with E-state index in [2.05, 4.69) is 19.2 Å². The van der Waals surface area contributed by atoms with Crippen molar-refractivity contribution in [2.45, 2.75) is 39.2 Å². The van der Waals surface area contributed by atoms with Gasteiger partial charge in [-0.2, -0.15) is 0 Å². The van der Waals surface area contributed by atoms with Gasteiger partial charge < -0.3 is 5.32 Å². The van der Waals surface area contributed by atoms with Crippen LogP contribution in [0.3, 0.4) is 0 Å². The van der Waals surface area contributed by atoms with E-state index in [1.807, 2.05) is 0 Å². The second kappa shape index (κ2) is 5.68. The minimum atomic E-state index is -0.811. The van der Waals surface area contributed by atoms with Crippen molar-refractivity contribution in [1.29, 1.82) is 0 Å². The maximum Gasteiger partial charge on any atom is 0.257 e. The number of carbonyl (C=O) groups is 1. The highest BCUT2D eigenvalue weighted by molar-refractivity contribution is 5.94. The first-order valence-electron chi connectivity index (χ1n) is 6.75.